The third-order valence-corrected chi connectivity index (χ3v) is 3.28. The minimum atomic E-state index is -0.922. The molecule has 1 aromatic carbocycles. The van der Waals surface area contributed by atoms with E-state index in [1.165, 1.54) is 4.90 Å². The van der Waals surface area contributed by atoms with Gasteiger partial charge in [-0.05, 0) is 44.5 Å². The van der Waals surface area contributed by atoms with Crippen LogP contribution in [-0.4, -0.2) is 41.7 Å². The second-order valence-electron chi connectivity index (χ2n) is 4.84. The maximum absolute atomic E-state index is 12.3. The van der Waals surface area contributed by atoms with Crippen LogP contribution in [0.15, 0.2) is 18.2 Å². The highest BCUT2D eigenvalue weighted by atomic mass is 16.5. The normalized spacial score (nSPS) is 11.6. The molecule has 0 aliphatic rings. The number of hydrogen-bond acceptors (Lipinski definition) is 3. The van der Waals surface area contributed by atoms with Crippen LogP contribution in [0.4, 0.5) is 10.5 Å². The van der Waals surface area contributed by atoms with Gasteiger partial charge in [-0.25, -0.2) is 4.79 Å². The number of urea groups is 1. The molecule has 1 rings (SSSR count). The molecule has 0 radical (unpaired) electrons. The number of carbonyl (C=O) groups is 2. The van der Waals surface area contributed by atoms with Gasteiger partial charge in [0, 0.05) is 18.3 Å². The number of aliphatic carboxylic acids is 1. The van der Waals surface area contributed by atoms with E-state index >= 15 is 0 Å². The lowest BCUT2D eigenvalue weighted by molar-refractivity contribution is -0.137. The zero-order chi connectivity index (χ0) is 16.0. The van der Waals surface area contributed by atoms with Crippen molar-refractivity contribution in [3.05, 3.63) is 23.8 Å². The predicted molar refractivity (Wildman–Crippen MR) is 80.8 cm³/mol. The molecule has 116 valence electrons. The van der Waals surface area contributed by atoms with Crippen molar-refractivity contribution >= 4 is 17.7 Å². The number of rotatable bonds is 6. The largest absolute Gasteiger partial charge is 0.497 e. The van der Waals surface area contributed by atoms with E-state index in [2.05, 4.69) is 5.32 Å². The van der Waals surface area contributed by atoms with Gasteiger partial charge >= 0.3 is 12.0 Å². The zero-order valence-corrected chi connectivity index (χ0v) is 12.8. The first-order valence-electron chi connectivity index (χ1n) is 6.83. The van der Waals surface area contributed by atoms with Crippen LogP contribution in [0.3, 0.4) is 0 Å². The molecule has 21 heavy (non-hydrogen) atoms. The summed E-state index contributed by atoms with van der Waals surface area (Å²) in [6, 6.07) is 4.68. The van der Waals surface area contributed by atoms with Crippen molar-refractivity contribution in [1.29, 1.82) is 0 Å². The van der Waals surface area contributed by atoms with E-state index in [4.69, 9.17) is 9.84 Å². The highest BCUT2D eigenvalue weighted by molar-refractivity contribution is 5.90. The van der Waals surface area contributed by atoms with Crippen molar-refractivity contribution in [2.24, 2.45) is 0 Å². The van der Waals surface area contributed by atoms with E-state index in [-0.39, 0.29) is 18.5 Å². The zero-order valence-electron chi connectivity index (χ0n) is 12.8. The number of methoxy groups -OCH3 is 1. The van der Waals surface area contributed by atoms with E-state index < -0.39 is 5.97 Å². The van der Waals surface area contributed by atoms with Crippen LogP contribution in [0.25, 0.3) is 0 Å². The van der Waals surface area contributed by atoms with Gasteiger partial charge < -0.3 is 20.1 Å². The number of ether oxygens (including phenoxy) is 1. The van der Waals surface area contributed by atoms with E-state index in [9.17, 15) is 9.59 Å². The summed E-state index contributed by atoms with van der Waals surface area (Å²) in [7, 11) is 1.58. The Kier molecular flexibility index (Phi) is 6.02. The van der Waals surface area contributed by atoms with Gasteiger partial charge in [0.05, 0.1) is 13.5 Å². The number of nitrogens with zero attached hydrogens (tertiary/aromatic N) is 1. The molecule has 0 bridgehead atoms. The van der Waals surface area contributed by atoms with Crippen molar-refractivity contribution < 1.29 is 19.4 Å². The smallest absolute Gasteiger partial charge is 0.322 e. The quantitative estimate of drug-likeness (QED) is 0.845. The van der Waals surface area contributed by atoms with Gasteiger partial charge in [-0.2, -0.15) is 0 Å². The molecule has 0 aliphatic heterocycles. The van der Waals surface area contributed by atoms with Crippen molar-refractivity contribution in [1.82, 2.24) is 4.90 Å². The van der Waals surface area contributed by atoms with E-state index in [0.717, 1.165) is 11.3 Å². The van der Waals surface area contributed by atoms with Crippen molar-refractivity contribution in [2.75, 3.05) is 19.0 Å². The molecule has 0 fully saturated rings. The number of amides is 2. The molecule has 0 saturated heterocycles. The SMILES string of the molecule is CCN(C(=O)Nc1ccc(OC)cc1C)C(C)CC(=O)O. The van der Waals surface area contributed by atoms with Crippen LogP contribution in [0.5, 0.6) is 5.75 Å². The Hall–Kier alpha value is -2.24. The van der Waals surface area contributed by atoms with Gasteiger partial charge in [-0.1, -0.05) is 0 Å². The number of carboxylic acid groups (broad SMARTS) is 1. The number of anilines is 1. The standard InChI is InChI=1S/C15H22N2O4/c1-5-17(11(3)9-14(18)19)15(20)16-13-7-6-12(21-4)8-10(13)2/h6-8,11H,5,9H2,1-4H3,(H,16,20)(H,18,19). The van der Waals surface area contributed by atoms with Crippen molar-refractivity contribution in [3.63, 3.8) is 0 Å². The van der Waals surface area contributed by atoms with E-state index in [1.54, 1.807) is 26.2 Å². The van der Waals surface area contributed by atoms with E-state index in [0.29, 0.717) is 12.2 Å². The second kappa shape index (κ2) is 7.52. The summed E-state index contributed by atoms with van der Waals surface area (Å²) in [6.07, 6.45) is -0.0805. The second-order valence-corrected chi connectivity index (χ2v) is 4.84. The molecular formula is C15H22N2O4. The highest BCUT2D eigenvalue weighted by Crippen LogP contribution is 2.21. The molecule has 0 aromatic heterocycles. The number of carboxylic acids is 1. The minimum absolute atomic E-state index is 0.0805. The molecule has 0 heterocycles. The topological polar surface area (TPSA) is 78.9 Å². The molecule has 0 spiro atoms. The van der Waals surface area contributed by atoms with Crippen molar-refractivity contribution in [2.45, 2.75) is 33.2 Å². The molecule has 2 N–H and O–H groups in total. The average Bonchev–Trinajstić information content (AvgIpc) is 2.41. The molecular weight excluding hydrogens is 272 g/mol. The Morgan fingerprint density at radius 3 is 2.57 bits per heavy atom. The van der Waals surface area contributed by atoms with E-state index in [1.807, 2.05) is 19.9 Å². The minimum Gasteiger partial charge on any atom is -0.497 e. The summed E-state index contributed by atoms with van der Waals surface area (Å²) in [6.45, 7) is 5.85. The Morgan fingerprint density at radius 1 is 1.43 bits per heavy atom. The van der Waals surface area contributed by atoms with Gasteiger partial charge in [0.25, 0.3) is 0 Å². The Labute approximate surface area is 124 Å². The first kappa shape index (κ1) is 16.8. The lowest BCUT2D eigenvalue weighted by Crippen LogP contribution is -2.42. The molecule has 0 saturated carbocycles. The molecule has 6 nitrogen and oxygen atoms in total. The number of benzene rings is 1. The summed E-state index contributed by atoms with van der Waals surface area (Å²) in [5.41, 5.74) is 1.56. The summed E-state index contributed by atoms with van der Waals surface area (Å²) in [5, 5.41) is 11.6. The summed E-state index contributed by atoms with van der Waals surface area (Å²) in [5.74, 6) is -0.202. The third-order valence-electron chi connectivity index (χ3n) is 3.28. The van der Waals surface area contributed by atoms with Gasteiger partial charge in [0.1, 0.15) is 5.75 Å². The fraction of sp³-hybridized carbons (Fsp3) is 0.467. The molecule has 1 atom stereocenters. The maximum atomic E-state index is 12.3. The highest BCUT2D eigenvalue weighted by Gasteiger charge is 2.21. The van der Waals surface area contributed by atoms with Crippen LogP contribution in [-0.2, 0) is 4.79 Å². The predicted octanol–water partition coefficient (Wildman–Crippen LogP) is 2.72. The van der Waals surface area contributed by atoms with Crippen LogP contribution >= 0.6 is 0 Å². The van der Waals surface area contributed by atoms with Gasteiger partial charge in [-0.15, -0.1) is 0 Å². The fourth-order valence-electron chi connectivity index (χ4n) is 2.11. The Morgan fingerprint density at radius 2 is 2.10 bits per heavy atom. The Bertz CT molecular complexity index is 516. The lowest BCUT2D eigenvalue weighted by Gasteiger charge is -2.27. The summed E-state index contributed by atoms with van der Waals surface area (Å²) >= 11 is 0. The maximum Gasteiger partial charge on any atom is 0.322 e. The number of aryl methyl sites for hydroxylation is 1. The molecule has 1 aromatic rings. The molecule has 0 aliphatic carbocycles. The number of carbonyl (C=O) groups excluding carboxylic acids is 1. The van der Waals surface area contributed by atoms with Gasteiger partial charge in [0.15, 0.2) is 0 Å². The van der Waals surface area contributed by atoms with Crippen LogP contribution < -0.4 is 10.1 Å². The third kappa shape index (κ3) is 4.66. The van der Waals surface area contributed by atoms with Crippen LogP contribution in [0.2, 0.25) is 0 Å². The van der Waals surface area contributed by atoms with Gasteiger partial charge in [-0.3, -0.25) is 4.79 Å². The lowest BCUT2D eigenvalue weighted by atomic mass is 10.2. The van der Waals surface area contributed by atoms with Crippen LogP contribution in [0.1, 0.15) is 25.8 Å². The summed E-state index contributed by atoms with van der Waals surface area (Å²) in [4.78, 5) is 24.5. The Balaban J connectivity index is 2.80. The first-order valence-corrected chi connectivity index (χ1v) is 6.83. The van der Waals surface area contributed by atoms with Gasteiger partial charge in [0.2, 0.25) is 0 Å². The molecule has 6 heteroatoms. The van der Waals surface area contributed by atoms with Crippen LogP contribution in [0, 0.1) is 6.92 Å². The monoisotopic (exact) mass is 294 g/mol. The molecule has 2 amide bonds. The number of hydrogen-bond donors (Lipinski definition) is 2. The summed E-state index contributed by atoms with van der Waals surface area (Å²) < 4.78 is 5.12. The average molecular weight is 294 g/mol. The van der Waals surface area contributed by atoms with Crippen molar-refractivity contribution in [3.8, 4) is 5.75 Å². The molecule has 1 unspecified atom stereocenters. The fourth-order valence-corrected chi connectivity index (χ4v) is 2.11. The first-order chi connectivity index (χ1) is 9.88. The number of nitrogens with one attached hydrogen (secondary N) is 1.